The molecule has 0 spiro atoms. The Morgan fingerprint density at radius 1 is 1.47 bits per heavy atom. The highest BCUT2D eigenvalue weighted by molar-refractivity contribution is 5.79. The Balaban J connectivity index is 2.28. The number of carbonyl (C=O) groups excluding carboxylic acids is 2. The normalized spacial score (nSPS) is 16.4. The molecule has 1 aliphatic heterocycles. The lowest BCUT2D eigenvalue weighted by atomic mass is 10.0. The topological polar surface area (TPSA) is 82.4 Å². The Morgan fingerprint density at radius 3 is 2.65 bits per heavy atom. The number of piperidine rings is 1. The van der Waals surface area contributed by atoms with E-state index in [1.54, 1.807) is 4.90 Å². The van der Waals surface area contributed by atoms with Crippen molar-refractivity contribution < 1.29 is 14.3 Å². The van der Waals surface area contributed by atoms with Gasteiger partial charge in [0, 0.05) is 26.2 Å². The van der Waals surface area contributed by atoms with E-state index in [1.165, 1.54) is 7.11 Å². The molecule has 1 aliphatic rings. The number of nitrogens with one attached hydrogen (secondary N) is 1. The Bertz CT molecular complexity index is 316. The van der Waals surface area contributed by atoms with Crippen LogP contribution >= 0.6 is 0 Å². The van der Waals surface area contributed by atoms with Crippen molar-refractivity contribution in [3.8, 4) is 6.07 Å². The summed E-state index contributed by atoms with van der Waals surface area (Å²) in [5.74, 6) is -0.261. The van der Waals surface area contributed by atoms with Crippen LogP contribution in [0.5, 0.6) is 0 Å². The minimum Gasteiger partial charge on any atom is -0.375 e. The monoisotopic (exact) mass is 239 g/mol. The predicted molar refractivity (Wildman–Crippen MR) is 59.9 cm³/mol. The lowest BCUT2D eigenvalue weighted by Crippen LogP contribution is -2.47. The average molecular weight is 239 g/mol. The molecule has 94 valence electrons. The summed E-state index contributed by atoms with van der Waals surface area (Å²) in [5, 5.41) is 11.1. The average Bonchev–Trinajstić information content (AvgIpc) is 2.30. The van der Waals surface area contributed by atoms with Gasteiger partial charge in [0.1, 0.15) is 13.0 Å². The number of rotatable bonds is 4. The zero-order valence-corrected chi connectivity index (χ0v) is 9.94. The fourth-order valence-corrected chi connectivity index (χ4v) is 1.84. The molecule has 0 aromatic heterocycles. The Morgan fingerprint density at radius 2 is 2.12 bits per heavy atom. The maximum Gasteiger partial charge on any atom is 0.248 e. The van der Waals surface area contributed by atoms with Crippen molar-refractivity contribution in [1.29, 1.82) is 5.26 Å². The highest BCUT2D eigenvalue weighted by atomic mass is 16.5. The van der Waals surface area contributed by atoms with Crippen LogP contribution in [0.4, 0.5) is 0 Å². The summed E-state index contributed by atoms with van der Waals surface area (Å²) >= 11 is 0. The van der Waals surface area contributed by atoms with Gasteiger partial charge in [-0.15, -0.1) is 0 Å². The van der Waals surface area contributed by atoms with Gasteiger partial charge in [0.25, 0.3) is 0 Å². The molecule has 6 heteroatoms. The van der Waals surface area contributed by atoms with Crippen molar-refractivity contribution in [3.05, 3.63) is 0 Å². The van der Waals surface area contributed by atoms with E-state index in [-0.39, 0.29) is 30.9 Å². The van der Waals surface area contributed by atoms with E-state index in [0.29, 0.717) is 13.1 Å². The number of nitrogens with zero attached hydrogens (tertiary/aromatic N) is 2. The van der Waals surface area contributed by atoms with Crippen molar-refractivity contribution >= 4 is 11.8 Å². The first-order valence-electron chi connectivity index (χ1n) is 5.60. The molecule has 0 saturated carbocycles. The Labute approximate surface area is 101 Å². The van der Waals surface area contributed by atoms with Crippen molar-refractivity contribution in [2.24, 2.45) is 0 Å². The minimum atomic E-state index is -0.242. The molecule has 0 bridgehead atoms. The molecule has 0 aromatic rings. The summed E-state index contributed by atoms with van der Waals surface area (Å²) in [7, 11) is 1.49. The molecular weight excluding hydrogens is 222 g/mol. The fraction of sp³-hybridized carbons (Fsp3) is 0.727. The van der Waals surface area contributed by atoms with Crippen LogP contribution in [-0.2, 0) is 14.3 Å². The van der Waals surface area contributed by atoms with Crippen LogP contribution < -0.4 is 5.32 Å². The van der Waals surface area contributed by atoms with E-state index < -0.39 is 0 Å². The van der Waals surface area contributed by atoms with E-state index >= 15 is 0 Å². The van der Waals surface area contributed by atoms with E-state index in [4.69, 9.17) is 10.00 Å². The van der Waals surface area contributed by atoms with Crippen LogP contribution in [0.2, 0.25) is 0 Å². The molecule has 1 saturated heterocycles. The third kappa shape index (κ3) is 4.41. The van der Waals surface area contributed by atoms with E-state index in [1.807, 2.05) is 6.07 Å². The van der Waals surface area contributed by atoms with Gasteiger partial charge in [-0.05, 0) is 12.8 Å². The highest BCUT2D eigenvalue weighted by Gasteiger charge is 2.23. The molecular formula is C11H17N3O3. The number of carbonyl (C=O) groups is 2. The van der Waals surface area contributed by atoms with E-state index in [2.05, 4.69) is 5.32 Å². The Hall–Kier alpha value is -1.61. The second-order valence-electron chi connectivity index (χ2n) is 3.99. The lowest BCUT2D eigenvalue weighted by molar-refractivity contribution is -0.136. The van der Waals surface area contributed by atoms with Gasteiger partial charge in [-0.25, -0.2) is 0 Å². The molecule has 0 atom stereocenters. The van der Waals surface area contributed by atoms with Crippen LogP contribution in [0.15, 0.2) is 0 Å². The zero-order valence-electron chi connectivity index (χ0n) is 9.94. The number of methoxy groups -OCH3 is 1. The molecule has 1 rings (SSSR count). The van der Waals surface area contributed by atoms with Gasteiger partial charge in [0.15, 0.2) is 0 Å². The van der Waals surface area contributed by atoms with Gasteiger partial charge in [-0.3, -0.25) is 9.59 Å². The molecule has 17 heavy (non-hydrogen) atoms. The summed E-state index contributed by atoms with van der Waals surface area (Å²) in [5.41, 5.74) is 0. The number of likely N-dealkylation sites (tertiary alicyclic amines) is 1. The van der Waals surface area contributed by atoms with Crippen molar-refractivity contribution in [1.82, 2.24) is 10.2 Å². The van der Waals surface area contributed by atoms with Crippen LogP contribution in [0.1, 0.15) is 19.3 Å². The summed E-state index contributed by atoms with van der Waals surface area (Å²) in [4.78, 5) is 24.4. The van der Waals surface area contributed by atoms with Crippen molar-refractivity contribution in [2.45, 2.75) is 25.3 Å². The smallest absolute Gasteiger partial charge is 0.248 e. The molecule has 0 radical (unpaired) electrons. The second kappa shape index (κ2) is 6.86. The van der Waals surface area contributed by atoms with Crippen LogP contribution in [0.25, 0.3) is 0 Å². The SMILES string of the molecule is COCC(=O)N1CCC(NC(=O)CC#N)CC1. The third-order valence-electron chi connectivity index (χ3n) is 2.72. The van der Waals surface area contributed by atoms with Gasteiger partial charge in [-0.2, -0.15) is 5.26 Å². The highest BCUT2D eigenvalue weighted by Crippen LogP contribution is 2.10. The summed E-state index contributed by atoms with van der Waals surface area (Å²) < 4.78 is 4.78. The minimum absolute atomic E-state index is 0.0192. The molecule has 0 unspecified atom stereocenters. The number of ether oxygens (including phenoxy) is 1. The zero-order chi connectivity index (χ0) is 12.7. The van der Waals surface area contributed by atoms with Crippen molar-refractivity contribution in [3.63, 3.8) is 0 Å². The fourth-order valence-electron chi connectivity index (χ4n) is 1.84. The molecule has 1 fully saturated rings. The largest absolute Gasteiger partial charge is 0.375 e. The van der Waals surface area contributed by atoms with Gasteiger partial charge < -0.3 is 15.0 Å². The lowest BCUT2D eigenvalue weighted by Gasteiger charge is -2.32. The maximum atomic E-state index is 11.5. The van der Waals surface area contributed by atoms with E-state index in [9.17, 15) is 9.59 Å². The number of amides is 2. The number of hydrogen-bond donors (Lipinski definition) is 1. The molecule has 2 amide bonds. The number of nitriles is 1. The van der Waals surface area contributed by atoms with Crippen molar-refractivity contribution in [2.75, 3.05) is 26.8 Å². The van der Waals surface area contributed by atoms with Crippen LogP contribution in [0, 0.1) is 11.3 Å². The predicted octanol–water partition coefficient (Wildman–Crippen LogP) is -0.346. The van der Waals surface area contributed by atoms with Crippen LogP contribution in [-0.4, -0.2) is 49.6 Å². The van der Waals surface area contributed by atoms with Gasteiger partial charge in [0.05, 0.1) is 6.07 Å². The molecule has 6 nitrogen and oxygen atoms in total. The summed E-state index contributed by atoms with van der Waals surface area (Å²) in [6.07, 6.45) is 1.35. The first kappa shape index (κ1) is 13.5. The molecule has 1 N–H and O–H groups in total. The summed E-state index contributed by atoms with van der Waals surface area (Å²) in [6.45, 7) is 1.35. The maximum absolute atomic E-state index is 11.5. The molecule has 0 aromatic carbocycles. The standard InChI is InChI=1S/C11H17N3O3/c1-17-8-11(16)14-6-3-9(4-7-14)13-10(15)2-5-12/h9H,2-4,6-8H2,1H3,(H,13,15). The second-order valence-corrected chi connectivity index (χ2v) is 3.99. The Kier molecular flexibility index (Phi) is 5.43. The first-order chi connectivity index (χ1) is 8.17. The van der Waals surface area contributed by atoms with Gasteiger partial charge >= 0.3 is 0 Å². The van der Waals surface area contributed by atoms with Crippen LogP contribution in [0.3, 0.4) is 0 Å². The molecule has 1 heterocycles. The first-order valence-corrected chi connectivity index (χ1v) is 5.60. The molecule has 0 aliphatic carbocycles. The van der Waals surface area contributed by atoms with Gasteiger partial charge in [-0.1, -0.05) is 0 Å². The van der Waals surface area contributed by atoms with Gasteiger partial charge in [0.2, 0.25) is 11.8 Å². The summed E-state index contributed by atoms with van der Waals surface area (Å²) in [6, 6.07) is 1.88. The third-order valence-corrected chi connectivity index (χ3v) is 2.72. The number of hydrogen-bond acceptors (Lipinski definition) is 4. The quantitative estimate of drug-likeness (QED) is 0.727. The van der Waals surface area contributed by atoms with E-state index in [0.717, 1.165) is 12.8 Å².